The van der Waals surface area contributed by atoms with E-state index in [0.717, 1.165) is 19.6 Å². The van der Waals surface area contributed by atoms with Gasteiger partial charge in [-0.15, -0.1) is 0 Å². The predicted molar refractivity (Wildman–Crippen MR) is 68.7 cm³/mol. The Bertz CT molecular complexity index is 295. The summed E-state index contributed by atoms with van der Waals surface area (Å²) in [5.74, 6) is -0.883. The number of piperidine rings is 1. The highest BCUT2D eigenvalue weighted by atomic mass is 16.5. The lowest BCUT2D eigenvalue weighted by Crippen LogP contribution is -2.65. The number of ether oxygens (including phenoxy) is 1. The Morgan fingerprint density at radius 2 is 2.00 bits per heavy atom. The molecule has 2 aliphatic heterocycles. The molecule has 2 rings (SSSR count). The Morgan fingerprint density at radius 3 is 2.50 bits per heavy atom. The van der Waals surface area contributed by atoms with Gasteiger partial charge >= 0.3 is 5.97 Å². The number of hydrogen-bond acceptors (Lipinski definition) is 4. The van der Waals surface area contributed by atoms with Gasteiger partial charge in [-0.2, -0.15) is 0 Å². The molecule has 2 heterocycles. The van der Waals surface area contributed by atoms with Crippen molar-refractivity contribution in [3.8, 4) is 0 Å². The second-order valence-electron chi connectivity index (χ2n) is 5.70. The molecule has 0 spiro atoms. The second kappa shape index (κ2) is 5.55. The van der Waals surface area contributed by atoms with Gasteiger partial charge in [0.05, 0.1) is 5.60 Å². The number of hydrogen-bond donors (Lipinski definition) is 1. The summed E-state index contributed by atoms with van der Waals surface area (Å²) < 4.78 is 5.44. The minimum Gasteiger partial charge on any atom is -0.480 e. The third-order valence-corrected chi connectivity index (χ3v) is 4.14. The molecule has 104 valence electrons. The fraction of sp³-hybridized carbons (Fsp3) is 0.923. The molecule has 0 amide bonds. The van der Waals surface area contributed by atoms with Gasteiger partial charge in [0.2, 0.25) is 0 Å². The van der Waals surface area contributed by atoms with Crippen LogP contribution < -0.4 is 0 Å². The summed E-state index contributed by atoms with van der Waals surface area (Å²) in [5.41, 5.74) is -0.250. The largest absolute Gasteiger partial charge is 0.480 e. The van der Waals surface area contributed by atoms with Gasteiger partial charge in [0.15, 0.2) is 0 Å². The molecule has 2 aliphatic rings. The Morgan fingerprint density at radius 1 is 1.39 bits per heavy atom. The zero-order valence-corrected chi connectivity index (χ0v) is 11.4. The van der Waals surface area contributed by atoms with Gasteiger partial charge in [0, 0.05) is 19.1 Å². The number of rotatable bonds is 5. The van der Waals surface area contributed by atoms with Crippen molar-refractivity contribution >= 4 is 5.97 Å². The molecule has 0 aromatic carbocycles. The van der Waals surface area contributed by atoms with Crippen LogP contribution in [0.4, 0.5) is 0 Å². The predicted octanol–water partition coefficient (Wildman–Crippen LogP) is 0.646. The molecule has 0 atom stereocenters. The monoisotopic (exact) mass is 256 g/mol. The standard InChI is InChI=1S/C13H24N2O3/c1-3-14-6-4-11(5-7-14)15-9-13(2,10-15)18-8-12(16)17/h11H,3-10H2,1-2H3,(H,16,17). The first-order valence-electron chi connectivity index (χ1n) is 6.84. The van der Waals surface area contributed by atoms with Crippen molar-refractivity contribution in [2.24, 2.45) is 0 Å². The number of carbonyl (C=O) groups is 1. The summed E-state index contributed by atoms with van der Waals surface area (Å²) in [5, 5.41) is 8.62. The molecule has 0 bridgehead atoms. The highest BCUT2D eigenvalue weighted by molar-refractivity contribution is 5.68. The van der Waals surface area contributed by atoms with Crippen molar-refractivity contribution in [1.29, 1.82) is 0 Å². The molecule has 0 aromatic heterocycles. The number of aliphatic carboxylic acids is 1. The molecule has 2 saturated heterocycles. The summed E-state index contributed by atoms with van der Waals surface area (Å²) in [6.07, 6.45) is 2.45. The SMILES string of the molecule is CCN1CCC(N2CC(C)(OCC(=O)O)C2)CC1. The van der Waals surface area contributed by atoms with Crippen LogP contribution >= 0.6 is 0 Å². The minimum absolute atomic E-state index is 0.182. The van der Waals surface area contributed by atoms with E-state index in [1.807, 2.05) is 6.92 Å². The number of carboxylic acids is 1. The summed E-state index contributed by atoms with van der Waals surface area (Å²) in [6.45, 7) is 9.29. The van der Waals surface area contributed by atoms with Crippen LogP contribution in [0.5, 0.6) is 0 Å². The van der Waals surface area contributed by atoms with Crippen molar-refractivity contribution < 1.29 is 14.6 Å². The third-order valence-electron chi connectivity index (χ3n) is 4.14. The van der Waals surface area contributed by atoms with Crippen LogP contribution in [0.25, 0.3) is 0 Å². The maximum Gasteiger partial charge on any atom is 0.329 e. The van der Waals surface area contributed by atoms with Gasteiger partial charge in [0.1, 0.15) is 6.61 Å². The van der Waals surface area contributed by atoms with Gasteiger partial charge in [-0.05, 0) is 39.4 Å². The summed E-state index contributed by atoms with van der Waals surface area (Å²) in [7, 11) is 0. The lowest BCUT2D eigenvalue weighted by molar-refractivity contribution is -0.171. The Balaban J connectivity index is 1.70. The molecule has 5 nitrogen and oxygen atoms in total. The quantitative estimate of drug-likeness (QED) is 0.782. The van der Waals surface area contributed by atoms with Crippen LogP contribution in [0.3, 0.4) is 0 Å². The molecular weight excluding hydrogens is 232 g/mol. The first-order chi connectivity index (χ1) is 8.52. The molecule has 2 fully saturated rings. The van der Waals surface area contributed by atoms with E-state index in [0.29, 0.717) is 6.04 Å². The van der Waals surface area contributed by atoms with Crippen molar-refractivity contribution in [3.05, 3.63) is 0 Å². The van der Waals surface area contributed by atoms with Gasteiger partial charge in [-0.25, -0.2) is 4.79 Å². The van der Waals surface area contributed by atoms with Crippen molar-refractivity contribution in [1.82, 2.24) is 9.80 Å². The average molecular weight is 256 g/mol. The Kier molecular flexibility index (Phi) is 4.25. The molecule has 0 saturated carbocycles. The van der Waals surface area contributed by atoms with E-state index in [-0.39, 0.29) is 12.2 Å². The fourth-order valence-corrected chi connectivity index (χ4v) is 3.00. The van der Waals surface area contributed by atoms with Crippen LogP contribution in [0.1, 0.15) is 26.7 Å². The van der Waals surface area contributed by atoms with Crippen molar-refractivity contribution in [2.45, 2.75) is 38.3 Å². The van der Waals surface area contributed by atoms with Gasteiger partial charge < -0.3 is 14.7 Å². The topological polar surface area (TPSA) is 53.0 Å². The maximum absolute atomic E-state index is 10.5. The van der Waals surface area contributed by atoms with E-state index in [2.05, 4.69) is 16.7 Å². The Hall–Kier alpha value is -0.650. The Labute approximate surface area is 109 Å². The molecule has 0 aromatic rings. The lowest BCUT2D eigenvalue weighted by Gasteiger charge is -2.52. The summed E-state index contributed by atoms with van der Waals surface area (Å²) in [4.78, 5) is 15.4. The van der Waals surface area contributed by atoms with E-state index in [1.54, 1.807) is 0 Å². The molecule has 0 radical (unpaired) electrons. The average Bonchev–Trinajstić information content (AvgIpc) is 2.33. The zero-order valence-electron chi connectivity index (χ0n) is 11.4. The van der Waals surface area contributed by atoms with Crippen LogP contribution in [0, 0.1) is 0 Å². The normalized spacial score (nSPS) is 25.9. The summed E-state index contributed by atoms with van der Waals surface area (Å²) >= 11 is 0. The van der Waals surface area contributed by atoms with E-state index in [9.17, 15) is 4.79 Å². The van der Waals surface area contributed by atoms with Crippen LogP contribution in [-0.4, -0.2) is 71.8 Å². The molecule has 18 heavy (non-hydrogen) atoms. The number of likely N-dealkylation sites (tertiary alicyclic amines) is 2. The second-order valence-corrected chi connectivity index (χ2v) is 5.70. The third kappa shape index (κ3) is 3.22. The fourth-order valence-electron chi connectivity index (χ4n) is 3.00. The molecule has 0 unspecified atom stereocenters. The number of carboxylic acid groups (broad SMARTS) is 1. The van der Waals surface area contributed by atoms with E-state index < -0.39 is 5.97 Å². The lowest BCUT2D eigenvalue weighted by atomic mass is 9.90. The van der Waals surface area contributed by atoms with E-state index in [4.69, 9.17) is 9.84 Å². The van der Waals surface area contributed by atoms with Crippen LogP contribution in [0.15, 0.2) is 0 Å². The molecule has 5 heteroatoms. The van der Waals surface area contributed by atoms with E-state index in [1.165, 1.54) is 25.9 Å². The maximum atomic E-state index is 10.5. The van der Waals surface area contributed by atoms with Crippen LogP contribution in [-0.2, 0) is 9.53 Å². The van der Waals surface area contributed by atoms with Gasteiger partial charge in [-0.3, -0.25) is 4.90 Å². The summed E-state index contributed by atoms with van der Waals surface area (Å²) in [6, 6.07) is 0.661. The van der Waals surface area contributed by atoms with Crippen molar-refractivity contribution in [3.63, 3.8) is 0 Å². The highest BCUT2D eigenvalue weighted by Crippen LogP contribution is 2.30. The smallest absolute Gasteiger partial charge is 0.329 e. The first-order valence-corrected chi connectivity index (χ1v) is 6.84. The van der Waals surface area contributed by atoms with E-state index >= 15 is 0 Å². The zero-order chi connectivity index (χ0) is 13.2. The van der Waals surface area contributed by atoms with Gasteiger partial charge in [0.25, 0.3) is 0 Å². The highest BCUT2D eigenvalue weighted by Gasteiger charge is 2.43. The van der Waals surface area contributed by atoms with Gasteiger partial charge in [-0.1, -0.05) is 6.92 Å². The first kappa shape index (κ1) is 13.8. The molecule has 0 aliphatic carbocycles. The van der Waals surface area contributed by atoms with Crippen molar-refractivity contribution in [2.75, 3.05) is 39.3 Å². The van der Waals surface area contributed by atoms with Crippen LogP contribution in [0.2, 0.25) is 0 Å². The minimum atomic E-state index is -0.883. The molecular formula is C13H24N2O3. The molecule has 1 N–H and O–H groups in total. The number of nitrogens with zero attached hydrogens (tertiary/aromatic N) is 2.